The number of aromatic nitrogens is 2. The molecule has 2 rings (SSSR count). The molecular weight excluding hydrogens is 194 g/mol. The van der Waals surface area contributed by atoms with Gasteiger partial charge in [0.2, 0.25) is 0 Å². The van der Waals surface area contributed by atoms with Crippen LogP contribution in [-0.4, -0.2) is 21.8 Å². The summed E-state index contributed by atoms with van der Waals surface area (Å²) in [5, 5.41) is 4.40. The largest absolute Gasteiger partial charge is 0.366 e. The van der Waals surface area contributed by atoms with Gasteiger partial charge in [-0.2, -0.15) is 0 Å². The minimum absolute atomic E-state index is 0.631. The Morgan fingerprint density at radius 3 is 3.00 bits per heavy atom. The molecule has 1 saturated carbocycles. The molecule has 1 aromatic rings. The maximum atomic E-state index is 4.47. The molecule has 0 atom stereocenters. The highest BCUT2D eigenvalue weighted by molar-refractivity contribution is 7.99. The van der Waals surface area contributed by atoms with Gasteiger partial charge >= 0.3 is 0 Å². The van der Waals surface area contributed by atoms with Crippen LogP contribution in [0.25, 0.3) is 0 Å². The molecule has 1 aliphatic carbocycles. The Balaban J connectivity index is 1.97. The maximum absolute atomic E-state index is 4.47. The van der Waals surface area contributed by atoms with Gasteiger partial charge in [0, 0.05) is 6.04 Å². The molecule has 14 heavy (non-hydrogen) atoms. The van der Waals surface area contributed by atoms with Crippen molar-refractivity contribution in [2.75, 3.05) is 11.1 Å². The highest BCUT2D eigenvalue weighted by Crippen LogP contribution is 2.23. The van der Waals surface area contributed by atoms with Gasteiger partial charge in [-0.05, 0) is 25.0 Å². The van der Waals surface area contributed by atoms with E-state index < -0.39 is 0 Å². The summed E-state index contributed by atoms with van der Waals surface area (Å²) in [6.07, 6.45) is 7.51. The lowest BCUT2D eigenvalue weighted by Crippen LogP contribution is -2.27. The molecule has 0 amide bonds. The van der Waals surface area contributed by atoms with E-state index in [0.717, 1.165) is 16.6 Å². The molecule has 0 bridgehead atoms. The molecule has 1 heterocycles. The van der Waals surface area contributed by atoms with Crippen LogP contribution in [0.2, 0.25) is 0 Å². The van der Waals surface area contributed by atoms with E-state index in [-0.39, 0.29) is 0 Å². The minimum atomic E-state index is 0.631. The Labute approximate surface area is 88.7 Å². The van der Waals surface area contributed by atoms with Crippen LogP contribution < -0.4 is 5.32 Å². The van der Waals surface area contributed by atoms with Crippen molar-refractivity contribution in [2.24, 2.45) is 0 Å². The Bertz CT molecular complexity index is 299. The van der Waals surface area contributed by atoms with Gasteiger partial charge < -0.3 is 5.32 Å². The predicted molar refractivity (Wildman–Crippen MR) is 59.7 cm³/mol. The van der Waals surface area contributed by atoms with Crippen LogP contribution in [0.15, 0.2) is 17.4 Å². The zero-order chi connectivity index (χ0) is 9.80. The molecule has 0 radical (unpaired) electrons. The second-order valence-corrected chi connectivity index (χ2v) is 4.73. The normalized spacial score (nSPS) is 16.4. The second-order valence-electron chi connectivity index (χ2n) is 3.45. The highest BCUT2D eigenvalue weighted by atomic mass is 32.2. The molecule has 0 aliphatic heterocycles. The van der Waals surface area contributed by atoms with Crippen LogP contribution in [0, 0.1) is 0 Å². The molecule has 0 aromatic carbocycles. The van der Waals surface area contributed by atoms with Crippen molar-refractivity contribution in [2.45, 2.75) is 37.3 Å². The number of nitrogens with one attached hydrogen (secondary N) is 1. The molecule has 0 spiro atoms. The topological polar surface area (TPSA) is 37.8 Å². The molecule has 4 heteroatoms. The van der Waals surface area contributed by atoms with Crippen LogP contribution in [-0.2, 0) is 0 Å². The molecule has 1 aliphatic rings. The van der Waals surface area contributed by atoms with Crippen LogP contribution >= 0.6 is 11.8 Å². The fraction of sp³-hybridized carbons (Fsp3) is 0.600. The average molecular weight is 209 g/mol. The third-order valence-corrected chi connectivity index (χ3v) is 3.14. The average Bonchev–Trinajstić information content (AvgIpc) is 2.13. The standard InChI is InChI=1S/C10H15N3S/c1-2-14-10-7-11-6-9(13-10)12-8-4-3-5-8/h6-8H,2-5H2,1H3,(H,12,13). The molecule has 1 aromatic heterocycles. The van der Waals surface area contributed by atoms with Crippen molar-refractivity contribution in [1.82, 2.24) is 9.97 Å². The predicted octanol–water partition coefficient (Wildman–Crippen LogP) is 2.55. The zero-order valence-corrected chi connectivity index (χ0v) is 9.18. The fourth-order valence-corrected chi connectivity index (χ4v) is 1.99. The van der Waals surface area contributed by atoms with E-state index in [1.807, 2.05) is 6.20 Å². The van der Waals surface area contributed by atoms with E-state index >= 15 is 0 Å². The molecule has 1 fully saturated rings. The summed E-state index contributed by atoms with van der Waals surface area (Å²) in [5.74, 6) is 1.97. The third-order valence-electron chi connectivity index (χ3n) is 2.36. The minimum Gasteiger partial charge on any atom is -0.366 e. The fourth-order valence-electron chi connectivity index (χ4n) is 1.40. The molecule has 0 unspecified atom stereocenters. The van der Waals surface area contributed by atoms with Crippen molar-refractivity contribution in [1.29, 1.82) is 0 Å². The first kappa shape index (κ1) is 9.77. The van der Waals surface area contributed by atoms with Crippen molar-refractivity contribution in [3.8, 4) is 0 Å². The first-order valence-corrected chi connectivity index (χ1v) is 6.08. The lowest BCUT2D eigenvalue weighted by molar-refractivity contribution is 0.444. The van der Waals surface area contributed by atoms with Gasteiger partial charge in [-0.1, -0.05) is 6.92 Å². The summed E-state index contributed by atoms with van der Waals surface area (Å²) in [4.78, 5) is 8.64. The van der Waals surface area contributed by atoms with E-state index in [1.54, 1.807) is 18.0 Å². The zero-order valence-electron chi connectivity index (χ0n) is 8.36. The van der Waals surface area contributed by atoms with Crippen LogP contribution in [0.3, 0.4) is 0 Å². The summed E-state index contributed by atoms with van der Waals surface area (Å²) < 4.78 is 0. The number of anilines is 1. The van der Waals surface area contributed by atoms with Crippen LogP contribution in [0.5, 0.6) is 0 Å². The van der Waals surface area contributed by atoms with Crippen LogP contribution in [0.1, 0.15) is 26.2 Å². The highest BCUT2D eigenvalue weighted by Gasteiger charge is 2.17. The first-order chi connectivity index (χ1) is 6.88. The Kier molecular flexibility index (Phi) is 3.24. The molecule has 0 saturated heterocycles. The van der Waals surface area contributed by atoms with E-state index in [4.69, 9.17) is 0 Å². The lowest BCUT2D eigenvalue weighted by atomic mass is 9.93. The number of nitrogens with zero attached hydrogens (tertiary/aromatic N) is 2. The van der Waals surface area contributed by atoms with Gasteiger partial charge in [-0.3, -0.25) is 4.98 Å². The Morgan fingerprint density at radius 2 is 2.36 bits per heavy atom. The van der Waals surface area contributed by atoms with Gasteiger partial charge in [-0.15, -0.1) is 11.8 Å². The SMILES string of the molecule is CCSc1cncc(NC2CCC2)n1. The van der Waals surface area contributed by atoms with E-state index in [0.29, 0.717) is 6.04 Å². The quantitative estimate of drug-likeness (QED) is 0.773. The number of rotatable bonds is 4. The summed E-state index contributed by atoms with van der Waals surface area (Å²) >= 11 is 1.73. The third kappa shape index (κ3) is 2.38. The first-order valence-electron chi connectivity index (χ1n) is 5.10. The van der Waals surface area contributed by atoms with Crippen molar-refractivity contribution >= 4 is 17.6 Å². The second kappa shape index (κ2) is 4.64. The smallest absolute Gasteiger partial charge is 0.146 e. The van der Waals surface area contributed by atoms with E-state index in [9.17, 15) is 0 Å². The van der Waals surface area contributed by atoms with Crippen molar-refractivity contribution in [3.63, 3.8) is 0 Å². The summed E-state index contributed by atoms with van der Waals surface area (Å²) in [6, 6.07) is 0.631. The number of hydrogen-bond donors (Lipinski definition) is 1. The van der Waals surface area contributed by atoms with Gasteiger partial charge in [0.1, 0.15) is 10.8 Å². The molecular formula is C10H15N3S. The Hall–Kier alpha value is -0.770. The summed E-state index contributed by atoms with van der Waals surface area (Å²) in [6.45, 7) is 2.12. The van der Waals surface area contributed by atoms with E-state index in [1.165, 1.54) is 19.3 Å². The maximum Gasteiger partial charge on any atom is 0.146 e. The van der Waals surface area contributed by atoms with E-state index in [2.05, 4.69) is 22.2 Å². The van der Waals surface area contributed by atoms with Gasteiger partial charge in [0.05, 0.1) is 12.4 Å². The van der Waals surface area contributed by atoms with Crippen molar-refractivity contribution in [3.05, 3.63) is 12.4 Å². The van der Waals surface area contributed by atoms with Gasteiger partial charge in [0.15, 0.2) is 0 Å². The molecule has 1 N–H and O–H groups in total. The number of hydrogen-bond acceptors (Lipinski definition) is 4. The monoisotopic (exact) mass is 209 g/mol. The number of thioether (sulfide) groups is 1. The molecule has 3 nitrogen and oxygen atoms in total. The van der Waals surface area contributed by atoms with Gasteiger partial charge in [-0.25, -0.2) is 4.98 Å². The summed E-state index contributed by atoms with van der Waals surface area (Å²) in [7, 11) is 0. The van der Waals surface area contributed by atoms with Crippen molar-refractivity contribution < 1.29 is 0 Å². The van der Waals surface area contributed by atoms with Gasteiger partial charge in [0.25, 0.3) is 0 Å². The lowest BCUT2D eigenvalue weighted by Gasteiger charge is -2.26. The Morgan fingerprint density at radius 1 is 1.50 bits per heavy atom. The summed E-state index contributed by atoms with van der Waals surface area (Å²) in [5.41, 5.74) is 0. The molecule has 76 valence electrons. The van der Waals surface area contributed by atoms with Crippen LogP contribution in [0.4, 0.5) is 5.82 Å².